The summed E-state index contributed by atoms with van der Waals surface area (Å²) < 4.78 is 7.22. The number of nitrogens with zero attached hydrogens (tertiary/aromatic N) is 4. The molecule has 0 saturated carbocycles. The number of carbonyl (C=O) groups excluding carboxylic acids is 1. The number of rotatable bonds is 8. The maximum absolute atomic E-state index is 12.0. The molecule has 0 bridgehead atoms. The minimum Gasteiger partial charge on any atom is -0.494 e. The molecule has 0 radical (unpaired) electrons. The van der Waals surface area contributed by atoms with E-state index < -0.39 is 0 Å². The number of nitrogens with one attached hydrogen (secondary N) is 1. The van der Waals surface area contributed by atoms with E-state index in [1.807, 2.05) is 48.5 Å². The molecule has 1 amide bonds. The first-order chi connectivity index (χ1) is 13.1. The van der Waals surface area contributed by atoms with Crippen molar-refractivity contribution in [2.45, 2.75) is 26.8 Å². The molecule has 7 nitrogen and oxygen atoms in total. The molecule has 27 heavy (non-hydrogen) atoms. The van der Waals surface area contributed by atoms with Crippen molar-refractivity contribution in [3.63, 3.8) is 0 Å². The summed E-state index contributed by atoms with van der Waals surface area (Å²) in [6.07, 6.45) is 2.62. The molecular formula is C20H23N5O2. The zero-order valence-corrected chi connectivity index (χ0v) is 15.5. The Morgan fingerprint density at radius 1 is 1.22 bits per heavy atom. The van der Waals surface area contributed by atoms with Gasteiger partial charge < -0.3 is 4.74 Å². The van der Waals surface area contributed by atoms with Crippen LogP contribution in [0.3, 0.4) is 0 Å². The molecule has 3 rings (SSSR count). The summed E-state index contributed by atoms with van der Waals surface area (Å²) in [5.74, 6) is 1.18. The van der Waals surface area contributed by atoms with Crippen molar-refractivity contribution in [2.24, 2.45) is 11.0 Å². The Morgan fingerprint density at radius 3 is 2.78 bits per heavy atom. The van der Waals surface area contributed by atoms with E-state index in [4.69, 9.17) is 4.74 Å². The zero-order valence-electron chi connectivity index (χ0n) is 15.5. The number of amides is 1. The van der Waals surface area contributed by atoms with E-state index >= 15 is 0 Å². The van der Waals surface area contributed by atoms with Crippen LogP contribution in [0.5, 0.6) is 5.75 Å². The minimum atomic E-state index is -0.268. The molecule has 0 aliphatic heterocycles. The Bertz CT molecular complexity index is 916. The molecule has 0 atom stereocenters. The number of carbonyl (C=O) groups is 1. The van der Waals surface area contributed by atoms with E-state index in [-0.39, 0.29) is 12.5 Å². The number of para-hydroxylation sites is 1. The van der Waals surface area contributed by atoms with Crippen molar-refractivity contribution in [2.75, 3.05) is 6.61 Å². The highest BCUT2D eigenvalue weighted by Crippen LogP contribution is 2.12. The van der Waals surface area contributed by atoms with Gasteiger partial charge in [-0.05, 0) is 54.3 Å². The largest absolute Gasteiger partial charge is 0.494 e. The van der Waals surface area contributed by atoms with Crippen molar-refractivity contribution in [1.29, 1.82) is 0 Å². The molecule has 0 spiro atoms. The Hall–Kier alpha value is -3.22. The molecule has 1 N–H and O–H groups in total. The van der Waals surface area contributed by atoms with Gasteiger partial charge in [-0.1, -0.05) is 31.2 Å². The second kappa shape index (κ2) is 8.93. The smallest absolute Gasteiger partial charge is 0.261 e. The third-order valence-electron chi connectivity index (χ3n) is 3.96. The molecular weight excluding hydrogens is 342 g/mol. The summed E-state index contributed by atoms with van der Waals surface area (Å²) in [7, 11) is 0. The summed E-state index contributed by atoms with van der Waals surface area (Å²) in [5.41, 5.74) is 4.94. The van der Waals surface area contributed by atoms with E-state index in [9.17, 15) is 4.79 Å². The Kier molecular flexibility index (Phi) is 6.14. The van der Waals surface area contributed by atoms with Crippen molar-refractivity contribution >= 4 is 23.2 Å². The molecule has 1 heterocycles. The normalized spacial score (nSPS) is 11.4. The summed E-state index contributed by atoms with van der Waals surface area (Å²) in [4.78, 5) is 12.0. The van der Waals surface area contributed by atoms with E-state index in [2.05, 4.69) is 34.7 Å². The lowest BCUT2D eigenvalue weighted by Crippen LogP contribution is -2.23. The molecule has 0 aliphatic rings. The molecule has 0 saturated heterocycles. The van der Waals surface area contributed by atoms with Crippen LogP contribution < -0.4 is 10.2 Å². The minimum absolute atomic E-state index is 0.0560. The number of ether oxygens (including phenoxy) is 1. The van der Waals surface area contributed by atoms with Gasteiger partial charge in [0.15, 0.2) is 0 Å². The van der Waals surface area contributed by atoms with Crippen LogP contribution in [-0.4, -0.2) is 33.7 Å². The fourth-order valence-corrected chi connectivity index (χ4v) is 2.45. The zero-order chi connectivity index (χ0) is 19.1. The number of fused-ring (bicyclic) bond motifs is 1. The first kappa shape index (κ1) is 18.6. The molecule has 7 heteroatoms. The lowest BCUT2D eigenvalue weighted by Gasteiger charge is -2.07. The van der Waals surface area contributed by atoms with Gasteiger partial charge in [0.1, 0.15) is 17.8 Å². The van der Waals surface area contributed by atoms with Crippen LogP contribution in [0.25, 0.3) is 11.0 Å². The molecule has 0 fully saturated rings. The summed E-state index contributed by atoms with van der Waals surface area (Å²) in [5, 5.41) is 12.0. The third-order valence-corrected chi connectivity index (χ3v) is 3.96. The van der Waals surface area contributed by atoms with Gasteiger partial charge in [0.05, 0.1) is 18.3 Å². The van der Waals surface area contributed by atoms with Crippen LogP contribution in [0.15, 0.2) is 53.6 Å². The number of aromatic nitrogens is 3. The maximum Gasteiger partial charge on any atom is 0.261 e. The van der Waals surface area contributed by atoms with Crippen LogP contribution >= 0.6 is 0 Å². The van der Waals surface area contributed by atoms with Crippen LogP contribution in [0, 0.1) is 5.92 Å². The molecule has 140 valence electrons. The van der Waals surface area contributed by atoms with Gasteiger partial charge in [0, 0.05) is 0 Å². The Morgan fingerprint density at radius 2 is 2.00 bits per heavy atom. The lowest BCUT2D eigenvalue weighted by atomic mass is 10.1. The van der Waals surface area contributed by atoms with Gasteiger partial charge in [-0.3, -0.25) is 4.79 Å². The van der Waals surface area contributed by atoms with Gasteiger partial charge in [-0.25, -0.2) is 10.1 Å². The Labute approximate surface area is 158 Å². The second-order valence-electron chi connectivity index (χ2n) is 6.63. The van der Waals surface area contributed by atoms with Crippen LogP contribution in [0.2, 0.25) is 0 Å². The lowest BCUT2D eigenvalue weighted by molar-refractivity contribution is -0.121. The molecule has 2 aromatic carbocycles. The number of hydrogen-bond donors (Lipinski definition) is 1. The van der Waals surface area contributed by atoms with Crippen LogP contribution in [0.4, 0.5) is 0 Å². The predicted octanol–water partition coefficient (Wildman–Crippen LogP) is 3.01. The molecule has 3 aromatic rings. The average Bonchev–Trinajstić information content (AvgIpc) is 3.06. The van der Waals surface area contributed by atoms with Crippen LogP contribution in [0.1, 0.15) is 25.8 Å². The van der Waals surface area contributed by atoms with Crippen molar-refractivity contribution in [1.82, 2.24) is 20.4 Å². The van der Waals surface area contributed by atoms with Gasteiger partial charge in [-0.2, -0.15) is 5.10 Å². The predicted molar refractivity (Wildman–Crippen MR) is 105 cm³/mol. The monoisotopic (exact) mass is 365 g/mol. The number of hydrogen-bond acceptors (Lipinski definition) is 5. The third kappa shape index (κ3) is 5.37. The highest BCUT2D eigenvalue weighted by Gasteiger charge is 2.07. The van der Waals surface area contributed by atoms with Crippen LogP contribution in [-0.2, 0) is 11.3 Å². The maximum atomic E-state index is 12.0. The summed E-state index contributed by atoms with van der Waals surface area (Å²) in [6, 6.07) is 15.1. The summed E-state index contributed by atoms with van der Waals surface area (Å²) >= 11 is 0. The standard InChI is InChI=1S/C20H23N5O2/c1-15(2)11-12-27-17-9-7-16(8-10-17)13-21-23-20(26)14-25-19-6-4-3-5-18(19)22-24-25/h3-10,13,15H,11-12,14H2,1-2H3,(H,23,26)/b21-13-. The quantitative estimate of drug-likeness (QED) is 0.491. The SMILES string of the molecule is CC(C)CCOc1ccc(/C=N\NC(=O)Cn2nnc3ccccc32)cc1. The molecule has 1 aromatic heterocycles. The van der Waals surface area contributed by atoms with Gasteiger partial charge >= 0.3 is 0 Å². The van der Waals surface area contributed by atoms with E-state index in [1.165, 1.54) is 0 Å². The van der Waals surface area contributed by atoms with Crippen molar-refractivity contribution < 1.29 is 9.53 Å². The van der Waals surface area contributed by atoms with Crippen molar-refractivity contribution in [3.05, 3.63) is 54.1 Å². The number of hydrazone groups is 1. The van der Waals surface area contributed by atoms with Gasteiger partial charge in [0.25, 0.3) is 5.91 Å². The first-order valence-electron chi connectivity index (χ1n) is 8.95. The molecule has 0 aliphatic carbocycles. The molecule has 0 unspecified atom stereocenters. The second-order valence-corrected chi connectivity index (χ2v) is 6.63. The topological polar surface area (TPSA) is 81.4 Å². The Balaban J connectivity index is 1.49. The van der Waals surface area contributed by atoms with E-state index in [0.717, 1.165) is 28.8 Å². The average molecular weight is 365 g/mol. The van der Waals surface area contributed by atoms with Crippen molar-refractivity contribution in [3.8, 4) is 5.75 Å². The highest BCUT2D eigenvalue weighted by molar-refractivity contribution is 5.83. The summed E-state index contributed by atoms with van der Waals surface area (Å²) in [6.45, 7) is 5.10. The fourth-order valence-electron chi connectivity index (χ4n) is 2.45. The van der Waals surface area contributed by atoms with E-state index in [1.54, 1.807) is 10.9 Å². The van der Waals surface area contributed by atoms with Gasteiger partial charge in [-0.15, -0.1) is 5.10 Å². The van der Waals surface area contributed by atoms with E-state index in [0.29, 0.717) is 12.5 Å². The first-order valence-corrected chi connectivity index (χ1v) is 8.95. The fraction of sp³-hybridized carbons (Fsp3) is 0.300. The number of benzene rings is 2. The van der Waals surface area contributed by atoms with Gasteiger partial charge in [0.2, 0.25) is 0 Å². The highest BCUT2D eigenvalue weighted by atomic mass is 16.5.